The summed E-state index contributed by atoms with van der Waals surface area (Å²) in [7, 11) is 0. The lowest BCUT2D eigenvalue weighted by Gasteiger charge is -2.50. The van der Waals surface area contributed by atoms with Crippen LogP contribution < -0.4 is 20.3 Å². The molecule has 2 heterocycles. The summed E-state index contributed by atoms with van der Waals surface area (Å²) >= 11 is 0. The number of fused-ring (bicyclic) bond motifs is 4. The van der Waals surface area contributed by atoms with Crippen molar-refractivity contribution in [3.05, 3.63) is 95.3 Å². The molecule has 0 saturated carbocycles. The smallest absolute Gasteiger partial charge is 0.325 e. The van der Waals surface area contributed by atoms with Crippen LogP contribution >= 0.6 is 0 Å². The maximum Gasteiger partial charge on any atom is 0.325 e. The number of carbonyl (C=O) groups is 2. The third-order valence-corrected chi connectivity index (χ3v) is 5.91. The van der Waals surface area contributed by atoms with Crippen molar-refractivity contribution in [3.63, 3.8) is 0 Å². The predicted octanol–water partition coefficient (Wildman–Crippen LogP) is 4.53. The van der Waals surface area contributed by atoms with E-state index in [9.17, 15) is 14.0 Å². The highest BCUT2D eigenvalue weighted by molar-refractivity contribution is 5.99. The van der Waals surface area contributed by atoms with Crippen LogP contribution in [0.5, 0.6) is 5.75 Å². The van der Waals surface area contributed by atoms with E-state index in [1.54, 1.807) is 41.3 Å². The molecule has 0 unspecified atom stereocenters. The highest BCUT2D eigenvalue weighted by Crippen LogP contribution is 2.45. The first-order valence-corrected chi connectivity index (χ1v) is 10.4. The standard InChI is InChI=1S/C25H22FN3O3/c1-25-14-21(20-7-2-3-8-22(20)32-25)28-24(31)29(25)19-6-4-5-17(13-19)23(30)27-15-16-9-11-18(26)12-10-16/h2-13,21H,14-15H2,1H3,(H,27,30)(H,28,31)/t21-,25-/m1/s1. The van der Waals surface area contributed by atoms with Crippen LogP contribution in [0.1, 0.15) is 40.9 Å². The molecule has 2 aliphatic heterocycles. The van der Waals surface area contributed by atoms with Crippen molar-refractivity contribution in [2.75, 3.05) is 4.90 Å². The van der Waals surface area contributed by atoms with Gasteiger partial charge in [-0.2, -0.15) is 0 Å². The molecule has 7 heteroatoms. The van der Waals surface area contributed by atoms with Crippen LogP contribution in [-0.4, -0.2) is 17.7 Å². The first-order valence-electron chi connectivity index (χ1n) is 10.4. The van der Waals surface area contributed by atoms with Gasteiger partial charge in [0.05, 0.1) is 11.7 Å². The summed E-state index contributed by atoms with van der Waals surface area (Å²) in [6.07, 6.45) is 0.580. The Labute approximate surface area is 185 Å². The van der Waals surface area contributed by atoms with E-state index in [-0.39, 0.29) is 30.3 Å². The minimum atomic E-state index is -0.884. The molecule has 5 rings (SSSR count). The minimum Gasteiger partial charge on any atom is -0.467 e. The second-order valence-corrected chi connectivity index (χ2v) is 8.22. The molecule has 2 aliphatic rings. The molecule has 6 nitrogen and oxygen atoms in total. The van der Waals surface area contributed by atoms with E-state index in [0.717, 1.165) is 16.9 Å². The topological polar surface area (TPSA) is 70.7 Å². The van der Waals surface area contributed by atoms with Crippen molar-refractivity contribution in [1.82, 2.24) is 10.6 Å². The molecule has 1 fully saturated rings. The van der Waals surface area contributed by atoms with Crippen LogP contribution in [0.2, 0.25) is 0 Å². The molecular formula is C25H22FN3O3. The number of para-hydroxylation sites is 1. The van der Waals surface area contributed by atoms with Gasteiger partial charge in [0.2, 0.25) is 0 Å². The fraction of sp³-hybridized carbons (Fsp3) is 0.200. The Morgan fingerprint density at radius 1 is 1.16 bits per heavy atom. The van der Waals surface area contributed by atoms with Crippen LogP contribution in [0.4, 0.5) is 14.9 Å². The van der Waals surface area contributed by atoms with Gasteiger partial charge in [0.15, 0.2) is 5.72 Å². The molecule has 3 aromatic rings. The molecule has 2 atom stereocenters. The van der Waals surface area contributed by atoms with Gasteiger partial charge in [-0.05, 0) is 48.9 Å². The van der Waals surface area contributed by atoms with Crippen molar-refractivity contribution >= 4 is 17.6 Å². The average Bonchev–Trinajstić information content (AvgIpc) is 2.78. The zero-order chi connectivity index (χ0) is 22.3. The van der Waals surface area contributed by atoms with Crippen LogP contribution in [0, 0.1) is 5.82 Å². The maximum atomic E-state index is 13.1. The van der Waals surface area contributed by atoms with Gasteiger partial charge >= 0.3 is 6.03 Å². The number of carbonyl (C=O) groups excluding carboxylic acids is 2. The Bertz CT molecular complexity index is 1200. The van der Waals surface area contributed by atoms with E-state index in [4.69, 9.17) is 4.74 Å². The van der Waals surface area contributed by atoms with E-state index in [0.29, 0.717) is 17.7 Å². The van der Waals surface area contributed by atoms with Gasteiger partial charge < -0.3 is 15.4 Å². The number of ether oxygens (including phenoxy) is 1. The van der Waals surface area contributed by atoms with E-state index in [2.05, 4.69) is 10.6 Å². The number of halogens is 1. The summed E-state index contributed by atoms with van der Waals surface area (Å²) in [5.74, 6) is 0.131. The van der Waals surface area contributed by atoms with Gasteiger partial charge in [-0.3, -0.25) is 9.69 Å². The number of nitrogens with one attached hydrogen (secondary N) is 2. The van der Waals surface area contributed by atoms with Gasteiger partial charge in [-0.1, -0.05) is 36.4 Å². The molecule has 32 heavy (non-hydrogen) atoms. The van der Waals surface area contributed by atoms with E-state index in [1.165, 1.54) is 12.1 Å². The second kappa shape index (κ2) is 7.67. The molecule has 1 saturated heterocycles. The molecule has 2 N–H and O–H groups in total. The fourth-order valence-corrected chi connectivity index (χ4v) is 4.39. The third kappa shape index (κ3) is 3.56. The number of hydrogen-bond acceptors (Lipinski definition) is 3. The molecule has 0 aliphatic carbocycles. The fourth-order valence-electron chi connectivity index (χ4n) is 4.39. The second-order valence-electron chi connectivity index (χ2n) is 8.22. The molecule has 0 spiro atoms. The Balaban J connectivity index is 1.38. The number of amides is 3. The number of rotatable bonds is 4. The minimum absolute atomic E-state index is 0.129. The van der Waals surface area contributed by atoms with Gasteiger partial charge in [0.25, 0.3) is 5.91 Å². The van der Waals surface area contributed by atoms with Crippen molar-refractivity contribution in [2.45, 2.75) is 31.7 Å². The molecule has 3 aromatic carbocycles. The highest BCUT2D eigenvalue weighted by Gasteiger charge is 2.49. The van der Waals surface area contributed by atoms with Gasteiger partial charge in [0, 0.05) is 24.1 Å². The van der Waals surface area contributed by atoms with Crippen molar-refractivity contribution in [3.8, 4) is 5.75 Å². The summed E-state index contributed by atoms with van der Waals surface area (Å²) in [6.45, 7) is 2.16. The summed E-state index contributed by atoms with van der Waals surface area (Å²) in [5, 5.41) is 5.88. The SMILES string of the molecule is C[C@@]12C[C@@H](NC(=O)N1c1cccc(C(=O)NCc3ccc(F)cc3)c1)c1ccccc1O2. The van der Waals surface area contributed by atoms with Crippen LogP contribution in [0.15, 0.2) is 72.8 Å². The maximum absolute atomic E-state index is 13.1. The Hall–Kier alpha value is -3.87. The lowest BCUT2D eigenvalue weighted by molar-refractivity contribution is 0.0378. The Kier molecular flexibility index (Phi) is 4.81. The zero-order valence-corrected chi connectivity index (χ0v) is 17.5. The molecule has 3 amide bonds. The quantitative estimate of drug-likeness (QED) is 0.638. The summed E-state index contributed by atoms with van der Waals surface area (Å²) < 4.78 is 19.3. The number of urea groups is 1. The lowest BCUT2D eigenvalue weighted by atomic mass is 9.90. The van der Waals surface area contributed by atoms with Gasteiger partial charge in [0.1, 0.15) is 11.6 Å². The largest absolute Gasteiger partial charge is 0.467 e. The first-order chi connectivity index (χ1) is 15.4. The van der Waals surface area contributed by atoms with Crippen molar-refractivity contribution in [2.24, 2.45) is 0 Å². The monoisotopic (exact) mass is 431 g/mol. The number of benzene rings is 3. The first kappa shape index (κ1) is 20.1. The normalized spacial score (nSPS) is 21.2. The van der Waals surface area contributed by atoms with E-state index < -0.39 is 5.72 Å². The van der Waals surface area contributed by atoms with E-state index >= 15 is 0 Å². The summed E-state index contributed by atoms with van der Waals surface area (Å²) in [5.41, 5.74) is 1.85. The molecule has 2 bridgehead atoms. The predicted molar refractivity (Wildman–Crippen MR) is 118 cm³/mol. The van der Waals surface area contributed by atoms with Crippen molar-refractivity contribution < 1.29 is 18.7 Å². The molecule has 162 valence electrons. The van der Waals surface area contributed by atoms with Crippen LogP contribution in [0.3, 0.4) is 0 Å². The van der Waals surface area contributed by atoms with Crippen LogP contribution in [0.25, 0.3) is 0 Å². The van der Waals surface area contributed by atoms with E-state index in [1.807, 2.05) is 31.2 Å². The third-order valence-electron chi connectivity index (χ3n) is 5.91. The summed E-state index contributed by atoms with van der Waals surface area (Å²) in [6, 6.07) is 20.1. The van der Waals surface area contributed by atoms with Gasteiger partial charge in [-0.25, -0.2) is 9.18 Å². The van der Waals surface area contributed by atoms with Crippen LogP contribution in [-0.2, 0) is 6.54 Å². The Morgan fingerprint density at radius 3 is 2.75 bits per heavy atom. The number of hydrogen-bond donors (Lipinski definition) is 2. The number of nitrogens with zero attached hydrogens (tertiary/aromatic N) is 1. The highest BCUT2D eigenvalue weighted by atomic mass is 19.1. The molecule has 0 radical (unpaired) electrons. The molecule has 0 aromatic heterocycles. The lowest BCUT2D eigenvalue weighted by Crippen LogP contribution is -2.65. The average molecular weight is 431 g/mol. The number of anilines is 1. The molecular weight excluding hydrogens is 409 g/mol. The Morgan fingerprint density at radius 2 is 1.94 bits per heavy atom. The summed E-state index contributed by atoms with van der Waals surface area (Å²) in [4.78, 5) is 27.3. The van der Waals surface area contributed by atoms with Crippen molar-refractivity contribution in [1.29, 1.82) is 0 Å². The zero-order valence-electron chi connectivity index (χ0n) is 17.5. The van der Waals surface area contributed by atoms with Gasteiger partial charge in [-0.15, -0.1) is 0 Å².